The predicted octanol–water partition coefficient (Wildman–Crippen LogP) is 3.19. The second-order valence-electron chi connectivity index (χ2n) is 6.91. The zero-order chi connectivity index (χ0) is 20.8. The average molecular weight is 417 g/mol. The number of pyridine rings is 1. The molecule has 3 aromatic rings. The molecule has 2 aromatic carbocycles. The number of aromatic nitrogens is 4. The number of benzene rings is 2. The molecule has 5 rings (SSSR count). The van der Waals surface area contributed by atoms with Gasteiger partial charge in [0.15, 0.2) is 0 Å². The van der Waals surface area contributed by atoms with E-state index in [1.165, 1.54) is 22.1 Å². The third-order valence-corrected chi connectivity index (χ3v) is 6.16. The molecule has 2 aliphatic heterocycles. The van der Waals surface area contributed by atoms with Crippen LogP contribution in [-0.4, -0.2) is 26.4 Å². The molecule has 0 N–H and O–H groups in total. The Hall–Kier alpha value is -3.65. The summed E-state index contributed by atoms with van der Waals surface area (Å²) in [7, 11) is 1.59. The highest BCUT2D eigenvalue weighted by atomic mass is 32.1. The summed E-state index contributed by atoms with van der Waals surface area (Å²) >= 11 is 1.39. The molecule has 0 amide bonds. The van der Waals surface area contributed by atoms with E-state index < -0.39 is 0 Å². The summed E-state index contributed by atoms with van der Waals surface area (Å²) in [4.78, 5) is 17.7. The van der Waals surface area contributed by atoms with Crippen molar-refractivity contribution in [3.05, 3.63) is 76.2 Å². The van der Waals surface area contributed by atoms with E-state index in [0.29, 0.717) is 34.4 Å². The van der Waals surface area contributed by atoms with Gasteiger partial charge < -0.3 is 14.4 Å². The molecule has 1 aromatic heterocycles. The zero-order valence-corrected chi connectivity index (χ0v) is 17.1. The van der Waals surface area contributed by atoms with Crippen LogP contribution in [0.25, 0.3) is 26.6 Å². The van der Waals surface area contributed by atoms with Crippen molar-refractivity contribution in [2.45, 2.75) is 13.5 Å². The molecule has 0 radical (unpaired) electrons. The largest absolute Gasteiger partial charge is 0.860 e. The van der Waals surface area contributed by atoms with Crippen molar-refractivity contribution < 1.29 is 9.84 Å². The maximum absolute atomic E-state index is 13.2. The van der Waals surface area contributed by atoms with Crippen LogP contribution in [0, 0.1) is 6.92 Å². The molecule has 0 fully saturated rings. The molecule has 0 unspecified atom stereocenters. The van der Waals surface area contributed by atoms with Crippen LogP contribution in [0.5, 0.6) is 11.6 Å². The van der Waals surface area contributed by atoms with Gasteiger partial charge >= 0.3 is 0 Å². The minimum atomic E-state index is -0.282. The van der Waals surface area contributed by atoms with Gasteiger partial charge in [-0.05, 0) is 37.1 Å². The second-order valence-corrected chi connectivity index (χ2v) is 7.92. The van der Waals surface area contributed by atoms with E-state index in [4.69, 9.17) is 4.74 Å². The summed E-state index contributed by atoms with van der Waals surface area (Å²) in [6.07, 6.45) is 0. The van der Waals surface area contributed by atoms with Crippen molar-refractivity contribution in [3.63, 3.8) is 0 Å². The van der Waals surface area contributed by atoms with Gasteiger partial charge in [0.2, 0.25) is 5.13 Å². The van der Waals surface area contributed by atoms with E-state index in [0.717, 1.165) is 15.8 Å². The van der Waals surface area contributed by atoms with Gasteiger partial charge in [0.1, 0.15) is 5.75 Å². The lowest BCUT2D eigenvalue weighted by Gasteiger charge is -2.23. The lowest BCUT2D eigenvalue weighted by molar-refractivity contribution is -0.279. The fourth-order valence-electron chi connectivity index (χ4n) is 3.64. The molecule has 0 atom stereocenters. The highest BCUT2D eigenvalue weighted by Crippen LogP contribution is 2.30. The molecule has 0 saturated heterocycles. The SMILES string of the molecule is COc1ccccc1Cn1c([O-])cc2nn(-c3nc4ccccc4s3)c(=O)c-2c1C. The summed E-state index contributed by atoms with van der Waals surface area (Å²) in [6.45, 7) is 2.07. The van der Waals surface area contributed by atoms with Gasteiger partial charge in [-0.3, -0.25) is 4.79 Å². The number of rotatable bonds is 4. The maximum Gasteiger partial charge on any atom is 0.284 e. The zero-order valence-electron chi connectivity index (χ0n) is 16.3. The molecule has 3 heterocycles. The lowest BCUT2D eigenvalue weighted by atomic mass is 10.1. The number of hydrogen-bond donors (Lipinski definition) is 0. The van der Waals surface area contributed by atoms with E-state index in [-0.39, 0.29) is 11.4 Å². The first kappa shape index (κ1) is 18.4. The number of fused-ring (bicyclic) bond motifs is 2. The average Bonchev–Trinajstić information content (AvgIpc) is 3.32. The van der Waals surface area contributed by atoms with E-state index in [2.05, 4.69) is 10.1 Å². The molecule has 150 valence electrons. The number of hydrogen-bond acceptors (Lipinski definition) is 6. The van der Waals surface area contributed by atoms with Crippen LogP contribution in [0.4, 0.5) is 0 Å². The topological polar surface area (TPSA) is 85.0 Å². The van der Waals surface area contributed by atoms with Crippen molar-refractivity contribution in [3.8, 4) is 28.0 Å². The smallest absolute Gasteiger partial charge is 0.284 e. The van der Waals surface area contributed by atoms with Crippen LogP contribution in [0.1, 0.15) is 11.3 Å². The third-order valence-electron chi connectivity index (χ3n) is 5.15. The quantitative estimate of drug-likeness (QED) is 0.448. The van der Waals surface area contributed by atoms with Crippen molar-refractivity contribution in [2.75, 3.05) is 7.11 Å². The number of nitrogens with zero attached hydrogens (tertiary/aromatic N) is 4. The van der Waals surface area contributed by atoms with Gasteiger partial charge in [0.05, 0.1) is 35.1 Å². The van der Waals surface area contributed by atoms with Crippen LogP contribution in [0.3, 0.4) is 0 Å². The molecule has 0 bridgehead atoms. The van der Waals surface area contributed by atoms with E-state index in [9.17, 15) is 9.90 Å². The van der Waals surface area contributed by atoms with Gasteiger partial charge in [-0.2, -0.15) is 9.78 Å². The van der Waals surface area contributed by atoms with Crippen molar-refractivity contribution >= 4 is 21.6 Å². The second kappa shape index (κ2) is 7.00. The Morgan fingerprint density at radius 3 is 2.70 bits per heavy atom. The molecule has 30 heavy (non-hydrogen) atoms. The first-order chi connectivity index (χ1) is 14.6. The van der Waals surface area contributed by atoms with Crippen LogP contribution in [0.15, 0.2) is 59.4 Å². The first-order valence-corrected chi connectivity index (χ1v) is 10.2. The highest BCUT2D eigenvalue weighted by Gasteiger charge is 2.22. The van der Waals surface area contributed by atoms with Crippen molar-refractivity contribution in [2.24, 2.45) is 0 Å². The number of thiazole rings is 1. The third kappa shape index (κ3) is 2.84. The lowest BCUT2D eigenvalue weighted by Crippen LogP contribution is -2.18. The Kier molecular flexibility index (Phi) is 4.29. The normalized spacial score (nSPS) is 11.4. The molecule has 0 aliphatic carbocycles. The Balaban J connectivity index is 1.66. The van der Waals surface area contributed by atoms with Gasteiger partial charge in [-0.15, -0.1) is 0 Å². The molecule has 0 spiro atoms. The van der Waals surface area contributed by atoms with Crippen LogP contribution in [0.2, 0.25) is 0 Å². The van der Waals surface area contributed by atoms with Gasteiger partial charge in [-0.1, -0.05) is 41.7 Å². The molecule has 2 aliphatic rings. The molecular weight excluding hydrogens is 400 g/mol. The monoisotopic (exact) mass is 417 g/mol. The summed E-state index contributed by atoms with van der Waals surface area (Å²) in [5, 5.41) is 17.7. The summed E-state index contributed by atoms with van der Waals surface area (Å²) < 4.78 is 9.23. The van der Waals surface area contributed by atoms with Gasteiger partial charge in [0.25, 0.3) is 5.56 Å². The van der Waals surface area contributed by atoms with Gasteiger partial charge in [0, 0.05) is 11.3 Å². The molecule has 7 nitrogen and oxygen atoms in total. The van der Waals surface area contributed by atoms with Crippen LogP contribution >= 0.6 is 11.3 Å². The Morgan fingerprint density at radius 1 is 1.13 bits per heavy atom. The van der Waals surface area contributed by atoms with Crippen molar-refractivity contribution in [1.82, 2.24) is 19.3 Å². The van der Waals surface area contributed by atoms with Crippen LogP contribution < -0.4 is 15.4 Å². The van der Waals surface area contributed by atoms with Crippen molar-refractivity contribution in [1.29, 1.82) is 0 Å². The predicted molar refractivity (Wildman–Crippen MR) is 114 cm³/mol. The van der Waals surface area contributed by atoms with Crippen LogP contribution in [-0.2, 0) is 6.54 Å². The summed E-state index contributed by atoms with van der Waals surface area (Å²) in [6, 6.07) is 16.6. The maximum atomic E-state index is 13.2. The molecule has 0 saturated carbocycles. The highest BCUT2D eigenvalue weighted by molar-refractivity contribution is 7.20. The number of ether oxygens (including phenoxy) is 1. The summed E-state index contributed by atoms with van der Waals surface area (Å²) in [5.41, 5.74) is 2.75. The van der Waals surface area contributed by atoms with E-state index in [1.54, 1.807) is 18.6 Å². The Morgan fingerprint density at radius 2 is 1.90 bits per heavy atom. The fraction of sp³-hybridized carbons (Fsp3) is 0.136. The molecular formula is C22H17N4O3S-. The van der Waals surface area contributed by atoms with E-state index >= 15 is 0 Å². The Labute approximate surface area is 175 Å². The number of para-hydroxylation sites is 2. The minimum Gasteiger partial charge on any atom is -0.860 e. The standard InChI is InChI=1S/C22H18N4O3S/c1-13-20-16(11-19(27)25(13)12-14-7-3-5-9-17(14)29-2)24-26(21(20)28)22-23-15-8-4-6-10-18(15)30-22/h3-11,27H,12H2,1-2H3/p-1. The van der Waals surface area contributed by atoms with Gasteiger partial charge in [-0.25, -0.2) is 4.98 Å². The van der Waals surface area contributed by atoms with E-state index in [1.807, 2.05) is 48.5 Å². The first-order valence-electron chi connectivity index (χ1n) is 9.35. The summed E-state index contributed by atoms with van der Waals surface area (Å²) in [5.74, 6) is 0.469. The molecule has 8 heteroatoms. The Bertz CT molecular complexity index is 1380. The fourth-order valence-corrected chi connectivity index (χ4v) is 4.55. The minimum absolute atomic E-state index is 0.222. The number of methoxy groups -OCH3 is 1.